The number of carbonyl (C=O) groups excluding carboxylic acids is 2. The first kappa shape index (κ1) is 24.9. The minimum atomic E-state index is -0.812. The molecule has 3 aromatic rings. The Morgan fingerprint density at radius 1 is 1.00 bits per heavy atom. The second-order valence-corrected chi connectivity index (χ2v) is 8.77. The maximum absolute atomic E-state index is 13.4. The molecular formula is C29H30N2O5. The van der Waals surface area contributed by atoms with Crippen LogP contribution in [0.1, 0.15) is 29.7 Å². The summed E-state index contributed by atoms with van der Waals surface area (Å²) in [6.07, 6.45) is 0. The highest BCUT2D eigenvalue weighted by molar-refractivity contribution is 6.51. The quantitative estimate of drug-likeness (QED) is 0.285. The first-order valence-corrected chi connectivity index (χ1v) is 11.7. The number of aliphatic hydroxyl groups excluding tert-OH is 1. The Kier molecular flexibility index (Phi) is 7.01. The highest BCUT2D eigenvalue weighted by atomic mass is 16.5. The largest absolute Gasteiger partial charge is 0.507 e. The minimum absolute atomic E-state index is 0.0328. The van der Waals surface area contributed by atoms with Gasteiger partial charge in [-0.3, -0.25) is 14.5 Å². The van der Waals surface area contributed by atoms with Crippen LogP contribution in [0, 0.1) is 6.92 Å². The molecule has 1 N–H and O–H groups in total. The Morgan fingerprint density at radius 3 is 2.22 bits per heavy atom. The van der Waals surface area contributed by atoms with Crippen LogP contribution in [0.4, 0.5) is 11.4 Å². The zero-order valence-corrected chi connectivity index (χ0v) is 21.1. The van der Waals surface area contributed by atoms with Crippen LogP contribution in [0.5, 0.6) is 11.5 Å². The molecule has 0 bridgehead atoms. The number of anilines is 2. The van der Waals surface area contributed by atoms with Crippen LogP contribution in [-0.4, -0.2) is 44.6 Å². The predicted molar refractivity (Wildman–Crippen MR) is 141 cm³/mol. The van der Waals surface area contributed by atoms with Gasteiger partial charge in [-0.05, 0) is 79.6 Å². The van der Waals surface area contributed by atoms with Crippen molar-refractivity contribution in [2.75, 3.05) is 37.6 Å². The number of rotatable bonds is 7. The Hall–Kier alpha value is -4.26. The molecule has 0 aromatic heterocycles. The number of nitrogens with zero attached hydrogens (tertiary/aromatic N) is 2. The SMILES string of the molecule is CCOc1ccc(C2/C(=C(/O)c3ccc(OC)c(C)c3)C(=O)C(=O)N2c2ccc(N(C)C)cc2)cc1. The van der Waals surface area contributed by atoms with Crippen LogP contribution < -0.4 is 19.3 Å². The van der Waals surface area contributed by atoms with E-state index in [4.69, 9.17) is 9.47 Å². The van der Waals surface area contributed by atoms with Gasteiger partial charge in [-0.1, -0.05) is 12.1 Å². The van der Waals surface area contributed by atoms with Gasteiger partial charge in [0.05, 0.1) is 25.3 Å². The van der Waals surface area contributed by atoms with Gasteiger partial charge in [-0.2, -0.15) is 0 Å². The fraction of sp³-hybridized carbons (Fsp3) is 0.241. The summed E-state index contributed by atoms with van der Waals surface area (Å²) in [6.45, 7) is 4.27. The lowest BCUT2D eigenvalue weighted by Gasteiger charge is -2.26. The van der Waals surface area contributed by atoms with E-state index >= 15 is 0 Å². The summed E-state index contributed by atoms with van der Waals surface area (Å²) < 4.78 is 10.9. The average Bonchev–Trinajstić information content (AvgIpc) is 3.14. The van der Waals surface area contributed by atoms with Crippen molar-refractivity contribution in [3.63, 3.8) is 0 Å². The van der Waals surface area contributed by atoms with Crippen LogP contribution in [0.15, 0.2) is 72.3 Å². The van der Waals surface area contributed by atoms with Crippen LogP contribution >= 0.6 is 0 Å². The van der Waals surface area contributed by atoms with Crippen molar-refractivity contribution >= 4 is 28.8 Å². The van der Waals surface area contributed by atoms with Crippen molar-refractivity contribution in [1.82, 2.24) is 0 Å². The van der Waals surface area contributed by atoms with E-state index in [1.807, 2.05) is 57.1 Å². The summed E-state index contributed by atoms with van der Waals surface area (Å²) in [5, 5.41) is 11.4. The van der Waals surface area contributed by atoms with E-state index in [9.17, 15) is 14.7 Å². The van der Waals surface area contributed by atoms with Crippen LogP contribution in [0.3, 0.4) is 0 Å². The summed E-state index contributed by atoms with van der Waals surface area (Å²) >= 11 is 0. The molecule has 3 aromatic carbocycles. The number of benzene rings is 3. The molecule has 36 heavy (non-hydrogen) atoms. The van der Waals surface area contributed by atoms with Crippen LogP contribution in [0.2, 0.25) is 0 Å². The number of carbonyl (C=O) groups is 2. The highest BCUT2D eigenvalue weighted by Gasteiger charge is 2.47. The zero-order valence-electron chi connectivity index (χ0n) is 21.1. The summed E-state index contributed by atoms with van der Waals surface area (Å²) in [6, 6.07) is 18.9. The van der Waals surface area contributed by atoms with E-state index in [2.05, 4.69) is 0 Å². The lowest BCUT2D eigenvalue weighted by Crippen LogP contribution is -2.29. The molecule has 1 unspecified atom stereocenters. The van der Waals surface area contributed by atoms with Gasteiger partial charge in [-0.25, -0.2) is 0 Å². The second kappa shape index (κ2) is 10.2. The smallest absolute Gasteiger partial charge is 0.300 e. The maximum Gasteiger partial charge on any atom is 0.300 e. The van der Waals surface area contributed by atoms with E-state index < -0.39 is 17.7 Å². The molecule has 1 atom stereocenters. The zero-order chi connectivity index (χ0) is 26.0. The third-order valence-corrected chi connectivity index (χ3v) is 6.26. The average molecular weight is 487 g/mol. The molecule has 7 heteroatoms. The summed E-state index contributed by atoms with van der Waals surface area (Å²) in [5.74, 6) is -0.324. The van der Waals surface area contributed by atoms with Gasteiger partial charge in [0.2, 0.25) is 0 Å². The minimum Gasteiger partial charge on any atom is -0.507 e. The van der Waals surface area contributed by atoms with Gasteiger partial charge in [0.1, 0.15) is 17.3 Å². The molecule has 1 amide bonds. The van der Waals surface area contributed by atoms with Crippen molar-refractivity contribution in [3.05, 3.63) is 89.0 Å². The van der Waals surface area contributed by atoms with E-state index in [1.54, 1.807) is 49.6 Å². The van der Waals surface area contributed by atoms with Crippen molar-refractivity contribution in [2.24, 2.45) is 0 Å². The fourth-order valence-electron chi connectivity index (χ4n) is 4.42. The molecule has 0 spiro atoms. The molecular weight excluding hydrogens is 456 g/mol. The third-order valence-electron chi connectivity index (χ3n) is 6.26. The van der Waals surface area contributed by atoms with E-state index in [0.29, 0.717) is 34.9 Å². The molecule has 1 aliphatic rings. The molecule has 4 rings (SSSR count). The first-order chi connectivity index (χ1) is 17.3. The van der Waals surface area contributed by atoms with Crippen molar-refractivity contribution in [1.29, 1.82) is 0 Å². The van der Waals surface area contributed by atoms with E-state index in [0.717, 1.165) is 11.3 Å². The number of hydrogen-bond acceptors (Lipinski definition) is 6. The maximum atomic E-state index is 13.4. The Labute approximate surface area is 211 Å². The number of aryl methyl sites for hydroxylation is 1. The topological polar surface area (TPSA) is 79.3 Å². The molecule has 7 nitrogen and oxygen atoms in total. The summed E-state index contributed by atoms with van der Waals surface area (Å²) in [5.41, 5.74) is 3.47. The van der Waals surface area contributed by atoms with Crippen LogP contribution in [0.25, 0.3) is 5.76 Å². The van der Waals surface area contributed by atoms with Gasteiger partial charge in [-0.15, -0.1) is 0 Å². The van der Waals surface area contributed by atoms with Gasteiger partial charge in [0.15, 0.2) is 0 Å². The van der Waals surface area contributed by atoms with Crippen molar-refractivity contribution in [2.45, 2.75) is 19.9 Å². The number of ether oxygens (including phenoxy) is 2. The summed E-state index contributed by atoms with van der Waals surface area (Å²) in [4.78, 5) is 30.1. The lowest BCUT2D eigenvalue weighted by molar-refractivity contribution is -0.132. The number of amides is 1. The molecule has 1 aliphatic heterocycles. The Morgan fingerprint density at radius 2 is 1.67 bits per heavy atom. The first-order valence-electron chi connectivity index (χ1n) is 11.7. The fourth-order valence-corrected chi connectivity index (χ4v) is 4.42. The lowest BCUT2D eigenvalue weighted by atomic mass is 9.94. The van der Waals surface area contributed by atoms with Crippen molar-refractivity contribution in [3.8, 4) is 11.5 Å². The predicted octanol–water partition coefficient (Wildman–Crippen LogP) is 5.09. The number of hydrogen-bond donors (Lipinski definition) is 1. The normalized spacial score (nSPS) is 16.8. The van der Waals surface area contributed by atoms with Crippen molar-refractivity contribution < 1.29 is 24.2 Å². The molecule has 0 aliphatic carbocycles. The monoisotopic (exact) mass is 486 g/mol. The molecule has 0 radical (unpaired) electrons. The number of ketones is 1. The summed E-state index contributed by atoms with van der Waals surface area (Å²) in [7, 11) is 5.43. The van der Waals surface area contributed by atoms with Gasteiger partial charge in [0, 0.05) is 31.0 Å². The highest BCUT2D eigenvalue weighted by Crippen LogP contribution is 2.43. The van der Waals surface area contributed by atoms with Gasteiger partial charge in [0.25, 0.3) is 11.7 Å². The molecule has 1 saturated heterocycles. The standard InChI is InChI=1S/C29H30N2O5/c1-6-36-23-14-7-19(8-15-23)26-25(27(32)20-9-16-24(35-5)18(2)17-20)28(33)29(34)31(26)22-12-10-21(11-13-22)30(3)4/h7-17,26,32H,6H2,1-5H3/b27-25-. The van der Waals surface area contributed by atoms with E-state index in [-0.39, 0.29) is 11.3 Å². The number of Topliss-reactive ketones (excluding diaryl/α,β-unsaturated/α-hetero) is 1. The molecule has 1 fully saturated rings. The third kappa shape index (κ3) is 4.52. The molecule has 0 saturated carbocycles. The van der Waals surface area contributed by atoms with Gasteiger partial charge >= 0.3 is 0 Å². The molecule has 186 valence electrons. The second-order valence-electron chi connectivity index (χ2n) is 8.77. The number of methoxy groups -OCH3 is 1. The van der Waals surface area contributed by atoms with Gasteiger partial charge < -0.3 is 19.5 Å². The molecule has 1 heterocycles. The van der Waals surface area contributed by atoms with Crippen LogP contribution in [-0.2, 0) is 9.59 Å². The van der Waals surface area contributed by atoms with E-state index in [1.165, 1.54) is 4.90 Å². The Bertz CT molecular complexity index is 1310. The number of aliphatic hydroxyl groups is 1. The Balaban J connectivity index is 1.88.